The summed E-state index contributed by atoms with van der Waals surface area (Å²) in [7, 11) is 0. The highest BCUT2D eigenvalue weighted by Crippen LogP contribution is 2.20. The summed E-state index contributed by atoms with van der Waals surface area (Å²) in [6, 6.07) is 6.43. The fourth-order valence-corrected chi connectivity index (χ4v) is 1.53. The Morgan fingerprint density at radius 2 is 1.90 bits per heavy atom. The van der Waals surface area contributed by atoms with Gasteiger partial charge in [0.25, 0.3) is 0 Å². The van der Waals surface area contributed by atoms with E-state index in [4.69, 9.17) is 5.11 Å². The van der Waals surface area contributed by atoms with Gasteiger partial charge in [-0.3, -0.25) is 14.9 Å². The van der Waals surface area contributed by atoms with Crippen molar-refractivity contribution >= 4 is 23.6 Å². The zero-order valence-corrected chi connectivity index (χ0v) is 11.7. The van der Waals surface area contributed by atoms with E-state index < -0.39 is 23.3 Å². The van der Waals surface area contributed by atoms with E-state index in [-0.39, 0.29) is 6.42 Å². The summed E-state index contributed by atoms with van der Waals surface area (Å²) in [5, 5.41) is 13.5. The Morgan fingerprint density at radius 3 is 2.45 bits per heavy atom. The summed E-state index contributed by atoms with van der Waals surface area (Å²) in [5.74, 6) is -1.73. The minimum atomic E-state index is -1.21. The number of nitrogens with one attached hydrogen (secondary N) is 2. The maximum Gasteiger partial charge on any atom is 0.325 e. The zero-order valence-electron chi connectivity index (χ0n) is 11.7. The van der Waals surface area contributed by atoms with Crippen LogP contribution in [0.4, 0.5) is 10.5 Å². The molecule has 0 saturated carbocycles. The summed E-state index contributed by atoms with van der Waals surface area (Å²) < 4.78 is 0. The minimum Gasteiger partial charge on any atom is -0.481 e. The van der Waals surface area contributed by atoms with Gasteiger partial charge in [-0.2, -0.15) is 0 Å². The average molecular weight is 278 g/mol. The molecule has 0 radical (unpaired) electrons. The van der Waals surface area contributed by atoms with Crippen molar-refractivity contribution in [2.24, 2.45) is 5.41 Å². The number of aryl methyl sites for hydroxylation is 1. The molecular weight excluding hydrogens is 260 g/mol. The van der Waals surface area contributed by atoms with E-state index in [2.05, 4.69) is 10.6 Å². The molecule has 0 fully saturated rings. The van der Waals surface area contributed by atoms with Gasteiger partial charge >= 0.3 is 12.0 Å². The molecule has 3 N–H and O–H groups in total. The van der Waals surface area contributed by atoms with Crippen LogP contribution in [0.2, 0.25) is 0 Å². The van der Waals surface area contributed by atoms with Crippen LogP contribution in [-0.4, -0.2) is 23.0 Å². The lowest BCUT2D eigenvalue weighted by Crippen LogP contribution is -2.38. The molecule has 6 nitrogen and oxygen atoms in total. The molecule has 0 saturated heterocycles. The third-order valence-electron chi connectivity index (χ3n) is 2.71. The van der Waals surface area contributed by atoms with Gasteiger partial charge in [0.05, 0.1) is 5.41 Å². The van der Waals surface area contributed by atoms with E-state index >= 15 is 0 Å². The topological polar surface area (TPSA) is 95.5 Å². The average Bonchev–Trinajstić information content (AvgIpc) is 2.26. The molecule has 0 aliphatic heterocycles. The van der Waals surface area contributed by atoms with E-state index in [0.717, 1.165) is 5.56 Å². The summed E-state index contributed by atoms with van der Waals surface area (Å²) in [6.45, 7) is 4.73. The number of carbonyl (C=O) groups excluding carboxylic acids is 2. The third kappa shape index (κ3) is 4.72. The van der Waals surface area contributed by atoms with E-state index in [0.29, 0.717) is 5.69 Å². The Hall–Kier alpha value is -2.37. The van der Waals surface area contributed by atoms with Crippen LogP contribution in [0.15, 0.2) is 24.3 Å². The lowest BCUT2D eigenvalue weighted by molar-refractivity contribution is -0.149. The molecule has 0 bridgehead atoms. The van der Waals surface area contributed by atoms with Gasteiger partial charge in [0.1, 0.15) is 0 Å². The molecule has 0 heterocycles. The van der Waals surface area contributed by atoms with Gasteiger partial charge in [-0.15, -0.1) is 0 Å². The fraction of sp³-hybridized carbons (Fsp3) is 0.357. The molecule has 6 heteroatoms. The SMILES string of the molecule is Cc1cccc(NC(=O)NC(=O)CC(C)(C)C(=O)O)c1. The third-order valence-corrected chi connectivity index (χ3v) is 2.71. The molecule has 0 aromatic heterocycles. The number of aliphatic carboxylic acids is 1. The normalized spacial score (nSPS) is 10.8. The number of imide groups is 1. The number of rotatable bonds is 4. The number of amides is 3. The Bertz CT molecular complexity index is 538. The van der Waals surface area contributed by atoms with Crippen LogP contribution in [0.3, 0.4) is 0 Å². The second-order valence-corrected chi connectivity index (χ2v) is 5.24. The summed E-state index contributed by atoms with van der Waals surface area (Å²) >= 11 is 0. The minimum absolute atomic E-state index is 0.274. The molecule has 3 amide bonds. The van der Waals surface area contributed by atoms with E-state index in [1.165, 1.54) is 13.8 Å². The van der Waals surface area contributed by atoms with Crippen molar-refractivity contribution in [2.45, 2.75) is 27.2 Å². The molecule has 0 aliphatic rings. The summed E-state index contributed by atoms with van der Waals surface area (Å²) in [5.41, 5.74) is 0.321. The number of anilines is 1. The Labute approximate surface area is 117 Å². The maximum atomic E-state index is 11.6. The Kier molecular flexibility index (Phi) is 4.85. The fourth-order valence-electron chi connectivity index (χ4n) is 1.53. The maximum absolute atomic E-state index is 11.6. The first-order chi connectivity index (χ1) is 9.20. The molecule has 0 atom stereocenters. The van der Waals surface area contributed by atoms with Crippen molar-refractivity contribution in [3.05, 3.63) is 29.8 Å². The highest BCUT2D eigenvalue weighted by Gasteiger charge is 2.30. The van der Waals surface area contributed by atoms with Gasteiger partial charge in [-0.25, -0.2) is 4.79 Å². The van der Waals surface area contributed by atoms with Crippen molar-refractivity contribution < 1.29 is 19.5 Å². The van der Waals surface area contributed by atoms with E-state index in [1.807, 2.05) is 13.0 Å². The molecule has 0 spiro atoms. The molecule has 20 heavy (non-hydrogen) atoms. The van der Waals surface area contributed by atoms with E-state index in [1.54, 1.807) is 18.2 Å². The first kappa shape index (κ1) is 15.7. The smallest absolute Gasteiger partial charge is 0.325 e. The van der Waals surface area contributed by atoms with Crippen LogP contribution in [0.25, 0.3) is 0 Å². The first-order valence-electron chi connectivity index (χ1n) is 6.11. The highest BCUT2D eigenvalue weighted by atomic mass is 16.4. The zero-order chi connectivity index (χ0) is 15.3. The van der Waals surface area contributed by atoms with Crippen LogP contribution in [0.1, 0.15) is 25.8 Å². The van der Waals surface area contributed by atoms with Crippen LogP contribution in [-0.2, 0) is 9.59 Å². The second-order valence-electron chi connectivity index (χ2n) is 5.24. The van der Waals surface area contributed by atoms with E-state index in [9.17, 15) is 14.4 Å². The Balaban J connectivity index is 2.55. The molecule has 1 aromatic rings. The number of urea groups is 1. The van der Waals surface area contributed by atoms with Crippen LogP contribution >= 0.6 is 0 Å². The van der Waals surface area contributed by atoms with Crippen LogP contribution in [0.5, 0.6) is 0 Å². The monoisotopic (exact) mass is 278 g/mol. The summed E-state index contributed by atoms with van der Waals surface area (Å²) in [6.07, 6.45) is -0.274. The largest absolute Gasteiger partial charge is 0.481 e. The number of hydrogen-bond donors (Lipinski definition) is 3. The van der Waals surface area contributed by atoms with Crippen LogP contribution < -0.4 is 10.6 Å². The number of carboxylic acids is 1. The number of carbonyl (C=O) groups is 3. The van der Waals surface area contributed by atoms with Gasteiger partial charge in [-0.1, -0.05) is 12.1 Å². The first-order valence-corrected chi connectivity index (χ1v) is 6.11. The lowest BCUT2D eigenvalue weighted by Gasteiger charge is -2.17. The molecule has 0 unspecified atom stereocenters. The molecule has 108 valence electrons. The van der Waals surface area contributed by atoms with Crippen molar-refractivity contribution in [2.75, 3.05) is 5.32 Å². The molecule has 0 aliphatic carbocycles. The van der Waals surface area contributed by atoms with Gasteiger partial charge in [-0.05, 0) is 38.5 Å². The standard InChI is InChI=1S/C14H18N2O4/c1-9-5-4-6-10(7-9)15-13(20)16-11(17)8-14(2,3)12(18)19/h4-7H,8H2,1-3H3,(H,18,19)(H2,15,16,17,20). The number of hydrogen-bond acceptors (Lipinski definition) is 3. The van der Waals surface area contributed by atoms with Gasteiger partial charge in [0, 0.05) is 12.1 Å². The second kappa shape index (κ2) is 6.18. The van der Waals surface area contributed by atoms with Gasteiger partial charge in [0.2, 0.25) is 5.91 Å². The van der Waals surface area contributed by atoms with Gasteiger partial charge in [0.15, 0.2) is 0 Å². The molecule has 1 aromatic carbocycles. The van der Waals surface area contributed by atoms with Crippen molar-refractivity contribution in [1.29, 1.82) is 0 Å². The highest BCUT2D eigenvalue weighted by molar-refractivity contribution is 6.02. The van der Waals surface area contributed by atoms with Crippen LogP contribution in [0, 0.1) is 12.3 Å². The van der Waals surface area contributed by atoms with Crippen molar-refractivity contribution in [3.63, 3.8) is 0 Å². The molecule has 1 rings (SSSR count). The molecular formula is C14H18N2O4. The van der Waals surface area contributed by atoms with Crippen molar-refractivity contribution in [3.8, 4) is 0 Å². The number of carboxylic acid groups (broad SMARTS) is 1. The van der Waals surface area contributed by atoms with Crippen molar-refractivity contribution in [1.82, 2.24) is 5.32 Å². The quantitative estimate of drug-likeness (QED) is 0.786. The van der Waals surface area contributed by atoms with Gasteiger partial charge < -0.3 is 10.4 Å². The number of benzene rings is 1. The Morgan fingerprint density at radius 1 is 1.25 bits per heavy atom. The predicted octanol–water partition coefficient (Wildman–Crippen LogP) is 2.14. The summed E-state index contributed by atoms with van der Waals surface area (Å²) in [4.78, 5) is 34.1. The lowest BCUT2D eigenvalue weighted by atomic mass is 9.89. The predicted molar refractivity (Wildman–Crippen MR) is 74.4 cm³/mol.